The molecule has 2 N–H and O–H groups in total. The van der Waals surface area contributed by atoms with Crippen LogP contribution >= 0.6 is 22.9 Å². The second-order valence-corrected chi connectivity index (χ2v) is 7.02. The summed E-state index contributed by atoms with van der Waals surface area (Å²) in [6.07, 6.45) is 0.682. The van der Waals surface area contributed by atoms with E-state index in [0.717, 1.165) is 15.8 Å². The fourth-order valence-electron chi connectivity index (χ4n) is 1.41. The van der Waals surface area contributed by atoms with Gasteiger partial charge in [0.25, 0.3) is 0 Å². The summed E-state index contributed by atoms with van der Waals surface area (Å²) in [6.45, 7) is 8.96. The van der Waals surface area contributed by atoms with Crippen LogP contribution in [-0.2, 0) is 5.60 Å². The molecule has 0 aliphatic rings. The van der Waals surface area contributed by atoms with Gasteiger partial charge in [0, 0.05) is 10.4 Å². The van der Waals surface area contributed by atoms with Crippen molar-refractivity contribution in [3.8, 4) is 0 Å². The summed E-state index contributed by atoms with van der Waals surface area (Å²) in [5.74, 6) is 0. The fourth-order valence-corrected chi connectivity index (χ4v) is 2.52. The van der Waals surface area contributed by atoms with Crippen molar-refractivity contribution in [2.24, 2.45) is 0 Å². The third-order valence-electron chi connectivity index (χ3n) is 2.37. The van der Waals surface area contributed by atoms with Gasteiger partial charge in [-0.25, -0.2) is 0 Å². The second-order valence-electron chi connectivity index (χ2n) is 5.30. The van der Waals surface area contributed by atoms with Crippen molar-refractivity contribution >= 4 is 22.9 Å². The molecule has 0 aromatic carbocycles. The third-order valence-corrected chi connectivity index (χ3v) is 3.86. The van der Waals surface area contributed by atoms with Crippen LogP contribution in [0, 0.1) is 0 Å². The highest BCUT2D eigenvalue weighted by Crippen LogP contribution is 2.32. The molecule has 0 radical (unpaired) electrons. The summed E-state index contributed by atoms with van der Waals surface area (Å²) in [4.78, 5) is 0.924. The van der Waals surface area contributed by atoms with Crippen molar-refractivity contribution in [2.75, 3.05) is 6.54 Å². The summed E-state index contributed by atoms with van der Waals surface area (Å²) in [5.41, 5.74) is -0.709. The summed E-state index contributed by atoms with van der Waals surface area (Å²) < 4.78 is 0.721. The standard InChI is InChI=1S/C12H20ClNOS/c1-11(2,3)14-8-7-12(4,15)9-5-6-10(13)16-9/h5-6,14-15H,7-8H2,1-4H3. The van der Waals surface area contributed by atoms with E-state index in [1.54, 1.807) is 0 Å². The van der Waals surface area contributed by atoms with E-state index in [2.05, 4.69) is 26.1 Å². The van der Waals surface area contributed by atoms with Crippen molar-refractivity contribution in [2.45, 2.75) is 45.3 Å². The van der Waals surface area contributed by atoms with Crippen molar-refractivity contribution in [1.82, 2.24) is 5.32 Å². The van der Waals surface area contributed by atoms with E-state index in [4.69, 9.17) is 11.6 Å². The van der Waals surface area contributed by atoms with E-state index in [1.165, 1.54) is 11.3 Å². The number of aliphatic hydroxyl groups is 1. The quantitative estimate of drug-likeness (QED) is 0.871. The number of halogens is 1. The monoisotopic (exact) mass is 261 g/mol. The molecule has 0 aliphatic heterocycles. The van der Waals surface area contributed by atoms with Crippen molar-refractivity contribution in [1.29, 1.82) is 0 Å². The number of hydrogen-bond acceptors (Lipinski definition) is 3. The number of nitrogens with one attached hydrogen (secondary N) is 1. The van der Waals surface area contributed by atoms with Gasteiger partial charge in [-0.3, -0.25) is 0 Å². The first-order valence-corrected chi connectivity index (χ1v) is 6.63. The maximum atomic E-state index is 10.3. The predicted octanol–water partition coefficient (Wildman–Crippen LogP) is 3.39. The first-order valence-electron chi connectivity index (χ1n) is 5.44. The molecule has 1 aromatic rings. The first kappa shape index (κ1) is 14.0. The van der Waals surface area contributed by atoms with Crippen molar-refractivity contribution in [3.05, 3.63) is 21.3 Å². The summed E-state index contributed by atoms with van der Waals surface area (Å²) in [7, 11) is 0. The van der Waals surface area contributed by atoms with Gasteiger partial charge in [0.05, 0.1) is 9.94 Å². The zero-order valence-corrected chi connectivity index (χ0v) is 11.9. The Kier molecular flexibility index (Phi) is 4.41. The number of hydrogen-bond donors (Lipinski definition) is 2. The molecule has 2 nitrogen and oxygen atoms in total. The average molecular weight is 262 g/mol. The predicted molar refractivity (Wildman–Crippen MR) is 71.3 cm³/mol. The summed E-state index contributed by atoms with van der Waals surface area (Å²) in [5, 5.41) is 13.7. The van der Waals surface area contributed by atoms with Gasteiger partial charge in [0.2, 0.25) is 0 Å². The minimum atomic E-state index is -0.796. The molecule has 1 aromatic heterocycles. The largest absolute Gasteiger partial charge is 0.385 e. The molecule has 0 saturated heterocycles. The Hall–Kier alpha value is -0.0900. The van der Waals surface area contributed by atoms with Crippen LogP contribution < -0.4 is 5.32 Å². The Balaban J connectivity index is 2.52. The van der Waals surface area contributed by atoms with Crippen LogP contribution in [0.2, 0.25) is 4.34 Å². The molecule has 1 rings (SSSR count). The molecular formula is C12H20ClNOS. The molecule has 0 spiro atoms. The molecule has 1 atom stereocenters. The van der Waals surface area contributed by atoms with Gasteiger partial charge in [-0.1, -0.05) is 11.6 Å². The lowest BCUT2D eigenvalue weighted by Crippen LogP contribution is -2.38. The van der Waals surface area contributed by atoms with E-state index >= 15 is 0 Å². The van der Waals surface area contributed by atoms with E-state index in [1.807, 2.05) is 19.1 Å². The highest BCUT2D eigenvalue weighted by molar-refractivity contribution is 7.16. The van der Waals surface area contributed by atoms with Gasteiger partial charge in [0.15, 0.2) is 0 Å². The van der Waals surface area contributed by atoms with Crippen LogP contribution in [0.25, 0.3) is 0 Å². The second kappa shape index (κ2) is 5.05. The number of rotatable bonds is 4. The molecular weight excluding hydrogens is 242 g/mol. The van der Waals surface area contributed by atoms with Gasteiger partial charge < -0.3 is 10.4 Å². The summed E-state index contributed by atoms with van der Waals surface area (Å²) in [6, 6.07) is 3.72. The maximum absolute atomic E-state index is 10.3. The lowest BCUT2D eigenvalue weighted by Gasteiger charge is -2.26. The Labute approximate surface area is 107 Å². The van der Waals surface area contributed by atoms with Crippen molar-refractivity contribution in [3.63, 3.8) is 0 Å². The van der Waals surface area contributed by atoms with Gasteiger partial charge in [-0.2, -0.15) is 0 Å². The Morgan fingerprint density at radius 1 is 1.31 bits per heavy atom. The van der Waals surface area contributed by atoms with Crippen LogP contribution in [0.3, 0.4) is 0 Å². The summed E-state index contributed by atoms with van der Waals surface area (Å²) >= 11 is 7.31. The van der Waals surface area contributed by atoms with Crippen LogP contribution in [0.5, 0.6) is 0 Å². The molecule has 1 unspecified atom stereocenters. The van der Waals surface area contributed by atoms with E-state index < -0.39 is 5.60 Å². The van der Waals surface area contributed by atoms with Gasteiger partial charge in [-0.15, -0.1) is 11.3 Å². The van der Waals surface area contributed by atoms with Crippen molar-refractivity contribution < 1.29 is 5.11 Å². The Morgan fingerprint density at radius 3 is 2.38 bits per heavy atom. The fraction of sp³-hybridized carbons (Fsp3) is 0.667. The highest BCUT2D eigenvalue weighted by Gasteiger charge is 2.25. The zero-order chi connectivity index (χ0) is 12.4. The number of thiophene rings is 1. The van der Waals surface area contributed by atoms with Crippen LogP contribution in [0.15, 0.2) is 12.1 Å². The van der Waals surface area contributed by atoms with E-state index in [0.29, 0.717) is 6.42 Å². The minimum absolute atomic E-state index is 0.0865. The first-order chi connectivity index (χ1) is 7.21. The minimum Gasteiger partial charge on any atom is -0.385 e. The SMILES string of the molecule is CC(C)(C)NCCC(C)(O)c1ccc(Cl)s1. The van der Waals surface area contributed by atoms with Gasteiger partial charge >= 0.3 is 0 Å². The lowest BCUT2D eigenvalue weighted by molar-refractivity contribution is 0.0501. The molecule has 0 aliphatic carbocycles. The van der Waals surface area contributed by atoms with E-state index in [9.17, 15) is 5.11 Å². The van der Waals surface area contributed by atoms with Crippen LogP contribution in [0.1, 0.15) is 39.0 Å². The van der Waals surface area contributed by atoms with Crippen LogP contribution in [0.4, 0.5) is 0 Å². The van der Waals surface area contributed by atoms with Gasteiger partial charge in [-0.05, 0) is 52.8 Å². The molecule has 16 heavy (non-hydrogen) atoms. The molecule has 1 heterocycles. The Morgan fingerprint density at radius 2 is 1.94 bits per heavy atom. The highest BCUT2D eigenvalue weighted by atomic mass is 35.5. The Bertz CT molecular complexity index is 341. The molecule has 0 saturated carbocycles. The zero-order valence-electron chi connectivity index (χ0n) is 10.3. The third kappa shape index (κ3) is 4.42. The lowest BCUT2D eigenvalue weighted by atomic mass is 9.99. The molecule has 0 bridgehead atoms. The molecule has 0 amide bonds. The smallest absolute Gasteiger partial charge is 0.0972 e. The molecule has 92 valence electrons. The maximum Gasteiger partial charge on any atom is 0.0972 e. The topological polar surface area (TPSA) is 32.3 Å². The van der Waals surface area contributed by atoms with E-state index in [-0.39, 0.29) is 5.54 Å². The molecule has 0 fully saturated rings. The average Bonchev–Trinajstić information content (AvgIpc) is 2.49. The van der Waals surface area contributed by atoms with Gasteiger partial charge in [0.1, 0.15) is 0 Å². The molecule has 4 heteroatoms. The normalized spacial score (nSPS) is 16.1. The van der Waals surface area contributed by atoms with Crippen LogP contribution in [-0.4, -0.2) is 17.2 Å².